The molecular weight excluding hydrogens is 260 g/mol. The number of rotatable bonds is 4. The molecule has 1 aromatic heterocycles. The number of ether oxygens (including phenoxy) is 1. The molecule has 0 fully saturated rings. The highest BCUT2D eigenvalue weighted by atomic mass is 16.5. The Bertz CT molecular complexity index is 636. The summed E-state index contributed by atoms with van der Waals surface area (Å²) >= 11 is 0. The van der Waals surface area contributed by atoms with E-state index in [1.807, 2.05) is 18.2 Å². The van der Waals surface area contributed by atoms with Crippen molar-refractivity contribution >= 4 is 11.6 Å². The van der Waals surface area contributed by atoms with Crippen LogP contribution < -0.4 is 10.1 Å². The third-order valence-electron chi connectivity index (χ3n) is 3.14. The van der Waals surface area contributed by atoms with Gasteiger partial charge in [0.2, 0.25) is 0 Å². The zero-order valence-electron chi connectivity index (χ0n) is 10.8. The Morgan fingerprint density at radius 1 is 1.45 bits per heavy atom. The van der Waals surface area contributed by atoms with Gasteiger partial charge in [0.15, 0.2) is 5.69 Å². The fourth-order valence-electron chi connectivity index (χ4n) is 2.17. The molecule has 2 N–H and O–H groups in total. The molecule has 0 saturated heterocycles. The molecule has 0 radical (unpaired) electrons. The molecule has 0 spiro atoms. The molecule has 6 heteroatoms. The second-order valence-electron chi connectivity index (χ2n) is 4.49. The van der Waals surface area contributed by atoms with Crippen LogP contribution in [0.1, 0.15) is 21.8 Å². The monoisotopic (exact) mass is 274 g/mol. The summed E-state index contributed by atoms with van der Waals surface area (Å²) in [5, 5.41) is 15.3. The maximum absolute atomic E-state index is 12.1. The molecule has 0 saturated carbocycles. The van der Waals surface area contributed by atoms with Gasteiger partial charge in [0, 0.05) is 30.2 Å². The van der Waals surface area contributed by atoms with E-state index in [0.717, 1.165) is 23.4 Å². The molecule has 1 aliphatic rings. The van der Waals surface area contributed by atoms with Crippen molar-refractivity contribution in [1.82, 2.24) is 5.16 Å². The van der Waals surface area contributed by atoms with Gasteiger partial charge < -0.3 is 19.7 Å². The summed E-state index contributed by atoms with van der Waals surface area (Å²) in [5.74, 6) is 0.960. The van der Waals surface area contributed by atoms with Gasteiger partial charge in [-0.15, -0.1) is 0 Å². The van der Waals surface area contributed by atoms with Gasteiger partial charge in [-0.05, 0) is 12.1 Å². The number of aromatic nitrogens is 1. The zero-order chi connectivity index (χ0) is 13.9. The fourth-order valence-corrected chi connectivity index (χ4v) is 2.17. The van der Waals surface area contributed by atoms with Gasteiger partial charge in [-0.3, -0.25) is 4.79 Å². The van der Waals surface area contributed by atoms with Crippen molar-refractivity contribution in [1.29, 1.82) is 0 Å². The summed E-state index contributed by atoms with van der Waals surface area (Å²) in [6.07, 6.45) is 1.12. The molecular formula is C14H14N2O4. The number of fused-ring (bicyclic) bond motifs is 1. The minimum absolute atomic E-state index is 0.0419. The van der Waals surface area contributed by atoms with E-state index in [2.05, 4.69) is 10.5 Å². The Kier molecular flexibility index (Phi) is 3.39. The van der Waals surface area contributed by atoms with Gasteiger partial charge in [0.05, 0.1) is 13.2 Å². The molecule has 104 valence electrons. The fraction of sp³-hybridized carbons (Fsp3) is 0.286. The van der Waals surface area contributed by atoms with Gasteiger partial charge >= 0.3 is 0 Å². The molecule has 6 nitrogen and oxygen atoms in total. The Hall–Kier alpha value is -2.34. The highest BCUT2D eigenvalue weighted by Gasteiger charge is 2.19. The first-order valence-corrected chi connectivity index (χ1v) is 6.40. The number of nitrogens with one attached hydrogen (secondary N) is 1. The van der Waals surface area contributed by atoms with E-state index in [4.69, 9.17) is 14.4 Å². The van der Waals surface area contributed by atoms with E-state index in [1.54, 1.807) is 0 Å². The lowest BCUT2D eigenvalue weighted by molar-refractivity contribution is 0.101. The number of carbonyl (C=O) groups excluding carboxylic acids is 1. The number of hydrogen-bond acceptors (Lipinski definition) is 5. The number of aliphatic hydroxyl groups is 1. The Morgan fingerprint density at radius 2 is 2.35 bits per heavy atom. The highest BCUT2D eigenvalue weighted by Crippen LogP contribution is 2.31. The molecule has 2 aromatic rings. The summed E-state index contributed by atoms with van der Waals surface area (Å²) in [6, 6.07) is 7.08. The molecule has 1 aliphatic heterocycles. The quantitative estimate of drug-likeness (QED) is 0.880. The molecule has 0 unspecified atom stereocenters. The average Bonchev–Trinajstić information content (AvgIpc) is 3.08. The third kappa shape index (κ3) is 2.37. The van der Waals surface area contributed by atoms with Gasteiger partial charge in [0.25, 0.3) is 5.91 Å². The molecule has 0 bridgehead atoms. The van der Waals surface area contributed by atoms with Crippen LogP contribution in [0.3, 0.4) is 0 Å². The van der Waals surface area contributed by atoms with E-state index in [0.29, 0.717) is 18.8 Å². The summed E-state index contributed by atoms with van der Waals surface area (Å²) in [6.45, 7) is 0.590. The number of hydrogen-bond donors (Lipinski definition) is 2. The normalized spacial score (nSPS) is 12.8. The van der Waals surface area contributed by atoms with Crippen LogP contribution in [0, 0.1) is 0 Å². The maximum Gasteiger partial charge on any atom is 0.277 e. The number of benzene rings is 1. The van der Waals surface area contributed by atoms with E-state index in [9.17, 15) is 4.79 Å². The second kappa shape index (κ2) is 5.34. The average molecular weight is 274 g/mol. The Labute approximate surface area is 115 Å². The largest absolute Gasteiger partial charge is 0.493 e. The lowest BCUT2D eigenvalue weighted by Gasteiger charge is -2.07. The summed E-state index contributed by atoms with van der Waals surface area (Å²) in [7, 11) is 0. The zero-order valence-corrected chi connectivity index (χ0v) is 10.8. The topological polar surface area (TPSA) is 84.6 Å². The van der Waals surface area contributed by atoms with Crippen molar-refractivity contribution in [3.05, 3.63) is 41.3 Å². The highest BCUT2D eigenvalue weighted by molar-refractivity contribution is 6.03. The number of amides is 1. The van der Waals surface area contributed by atoms with Crippen molar-refractivity contribution < 1.29 is 19.2 Å². The number of aliphatic hydroxyl groups excluding tert-OH is 1. The van der Waals surface area contributed by atoms with Crippen LogP contribution in [-0.4, -0.2) is 29.4 Å². The van der Waals surface area contributed by atoms with Crippen molar-refractivity contribution in [2.24, 2.45) is 0 Å². The van der Waals surface area contributed by atoms with Gasteiger partial charge in [-0.1, -0.05) is 11.2 Å². The minimum atomic E-state index is -0.335. The van der Waals surface area contributed by atoms with Crippen LogP contribution >= 0.6 is 0 Å². The SMILES string of the molecule is O=C(Nc1cccc2c1CCO2)c1cc(CCO)on1. The first-order valence-electron chi connectivity index (χ1n) is 6.40. The van der Waals surface area contributed by atoms with Crippen molar-refractivity contribution in [3.63, 3.8) is 0 Å². The number of carbonyl (C=O) groups is 1. The van der Waals surface area contributed by atoms with Gasteiger partial charge in [0.1, 0.15) is 11.5 Å². The maximum atomic E-state index is 12.1. The minimum Gasteiger partial charge on any atom is -0.493 e. The lowest BCUT2D eigenvalue weighted by atomic mass is 10.1. The van der Waals surface area contributed by atoms with Crippen molar-refractivity contribution in [2.45, 2.75) is 12.8 Å². The van der Waals surface area contributed by atoms with E-state index < -0.39 is 0 Å². The van der Waals surface area contributed by atoms with Crippen LogP contribution in [0.2, 0.25) is 0 Å². The molecule has 3 rings (SSSR count). The van der Waals surface area contributed by atoms with E-state index in [-0.39, 0.29) is 18.2 Å². The molecule has 1 aromatic carbocycles. The standard InChI is InChI=1S/C14H14N2O4/c17-6-4-9-8-12(16-20-9)14(18)15-11-2-1-3-13-10(11)5-7-19-13/h1-3,8,17H,4-7H2,(H,15,18). The predicted octanol–water partition coefficient (Wildman–Crippen LogP) is 1.40. The predicted molar refractivity (Wildman–Crippen MR) is 70.9 cm³/mol. The summed E-state index contributed by atoms with van der Waals surface area (Å²) in [5.41, 5.74) is 1.93. The number of nitrogens with zero attached hydrogens (tertiary/aromatic N) is 1. The van der Waals surface area contributed by atoms with Crippen molar-refractivity contribution in [3.8, 4) is 5.75 Å². The molecule has 2 heterocycles. The summed E-state index contributed by atoms with van der Waals surface area (Å²) in [4.78, 5) is 12.1. The summed E-state index contributed by atoms with van der Waals surface area (Å²) < 4.78 is 10.4. The second-order valence-corrected chi connectivity index (χ2v) is 4.49. The molecule has 0 aliphatic carbocycles. The first-order chi connectivity index (χ1) is 9.78. The smallest absolute Gasteiger partial charge is 0.277 e. The third-order valence-corrected chi connectivity index (χ3v) is 3.14. The first kappa shape index (κ1) is 12.7. The Balaban J connectivity index is 1.77. The van der Waals surface area contributed by atoms with Gasteiger partial charge in [-0.2, -0.15) is 0 Å². The number of anilines is 1. The molecule has 20 heavy (non-hydrogen) atoms. The van der Waals surface area contributed by atoms with Crippen LogP contribution in [0.25, 0.3) is 0 Å². The Morgan fingerprint density at radius 3 is 3.20 bits per heavy atom. The van der Waals surface area contributed by atoms with Crippen molar-refractivity contribution in [2.75, 3.05) is 18.5 Å². The molecule has 1 amide bonds. The lowest BCUT2D eigenvalue weighted by Crippen LogP contribution is -2.13. The van der Waals surface area contributed by atoms with Gasteiger partial charge in [-0.25, -0.2) is 0 Å². The van der Waals surface area contributed by atoms with E-state index >= 15 is 0 Å². The van der Waals surface area contributed by atoms with Crippen LogP contribution in [-0.2, 0) is 12.8 Å². The van der Waals surface area contributed by atoms with Crippen LogP contribution in [0.15, 0.2) is 28.8 Å². The van der Waals surface area contributed by atoms with E-state index in [1.165, 1.54) is 6.07 Å². The molecule has 0 atom stereocenters. The van der Waals surface area contributed by atoms with Crippen LogP contribution in [0.5, 0.6) is 5.75 Å². The van der Waals surface area contributed by atoms with Crippen LogP contribution in [0.4, 0.5) is 5.69 Å².